The van der Waals surface area contributed by atoms with Gasteiger partial charge in [0.05, 0.1) is 24.3 Å². The van der Waals surface area contributed by atoms with Crippen LogP contribution < -0.4 is 5.32 Å². The van der Waals surface area contributed by atoms with Crippen molar-refractivity contribution >= 4 is 17.4 Å². The van der Waals surface area contributed by atoms with E-state index in [9.17, 15) is 14.0 Å². The van der Waals surface area contributed by atoms with E-state index >= 15 is 0 Å². The smallest absolute Gasteiger partial charge is 0.338 e. The zero-order valence-corrected chi connectivity index (χ0v) is 16.1. The van der Waals surface area contributed by atoms with E-state index in [1.54, 1.807) is 7.05 Å². The van der Waals surface area contributed by atoms with Crippen molar-refractivity contribution in [1.82, 2.24) is 14.8 Å². The Morgan fingerprint density at radius 2 is 1.97 bits per heavy atom. The van der Waals surface area contributed by atoms with E-state index in [-0.39, 0.29) is 22.6 Å². The first kappa shape index (κ1) is 18.8. The number of hydrogen-bond donors (Lipinski definition) is 1. The summed E-state index contributed by atoms with van der Waals surface area (Å²) in [5.41, 5.74) is 2.14. The average molecular weight is 394 g/mol. The van der Waals surface area contributed by atoms with Crippen molar-refractivity contribution in [2.75, 3.05) is 12.4 Å². The van der Waals surface area contributed by atoms with Gasteiger partial charge < -0.3 is 10.1 Å². The van der Waals surface area contributed by atoms with Crippen LogP contribution in [0.25, 0.3) is 0 Å². The van der Waals surface area contributed by atoms with Crippen molar-refractivity contribution in [2.45, 2.75) is 18.9 Å². The van der Waals surface area contributed by atoms with E-state index in [0.29, 0.717) is 5.82 Å². The van der Waals surface area contributed by atoms with Gasteiger partial charge in [-0.3, -0.25) is 9.48 Å². The SMILES string of the molecule is COC(=O)c1cc(F)cc2c1C(=O)[C@H](c1ncnn1C)[C@@H](c1ccc(C)cc1)N2. The first-order valence-electron chi connectivity index (χ1n) is 9.03. The Bertz CT molecular complexity index is 1110. The molecule has 1 aliphatic rings. The molecule has 0 bridgehead atoms. The normalized spacial score (nSPS) is 18.1. The van der Waals surface area contributed by atoms with Crippen molar-refractivity contribution in [3.8, 4) is 0 Å². The number of aryl methyl sites for hydroxylation is 2. The number of rotatable bonds is 3. The van der Waals surface area contributed by atoms with Crippen LogP contribution in [0.1, 0.15) is 49.6 Å². The Labute approximate surface area is 166 Å². The van der Waals surface area contributed by atoms with Crippen molar-refractivity contribution < 1.29 is 18.7 Å². The fourth-order valence-electron chi connectivity index (χ4n) is 3.72. The van der Waals surface area contributed by atoms with Crippen LogP contribution in [0.4, 0.5) is 10.1 Å². The highest BCUT2D eigenvalue weighted by molar-refractivity contribution is 6.14. The summed E-state index contributed by atoms with van der Waals surface area (Å²) in [6.45, 7) is 1.97. The lowest BCUT2D eigenvalue weighted by atomic mass is 9.80. The molecule has 0 unspecified atom stereocenters. The van der Waals surface area contributed by atoms with Gasteiger partial charge in [0.15, 0.2) is 5.78 Å². The standard InChI is InChI=1S/C21H19FN4O3/c1-11-4-6-12(7-5-11)18-17(20-23-10-24-26(20)2)19(27)16-14(21(28)29-3)8-13(22)9-15(16)25-18/h4-10,17-18,25H,1-3H3/t17-,18-/m1/s1. The van der Waals surface area contributed by atoms with Gasteiger partial charge in [0.25, 0.3) is 0 Å². The van der Waals surface area contributed by atoms with Gasteiger partial charge in [-0.2, -0.15) is 5.10 Å². The summed E-state index contributed by atoms with van der Waals surface area (Å²) in [7, 11) is 2.89. The summed E-state index contributed by atoms with van der Waals surface area (Å²) in [6, 6.07) is 9.43. The van der Waals surface area contributed by atoms with Gasteiger partial charge in [-0.1, -0.05) is 29.8 Å². The summed E-state index contributed by atoms with van der Waals surface area (Å²) >= 11 is 0. The first-order valence-corrected chi connectivity index (χ1v) is 9.03. The molecule has 4 rings (SSSR count). The van der Waals surface area contributed by atoms with E-state index in [1.807, 2.05) is 31.2 Å². The number of methoxy groups -OCH3 is 1. The number of ether oxygens (including phenoxy) is 1. The zero-order chi connectivity index (χ0) is 20.7. The maximum Gasteiger partial charge on any atom is 0.338 e. The summed E-state index contributed by atoms with van der Waals surface area (Å²) in [5, 5.41) is 7.33. The number of nitrogens with one attached hydrogen (secondary N) is 1. The molecule has 1 aromatic heterocycles. The van der Waals surface area contributed by atoms with Gasteiger partial charge in [0.1, 0.15) is 23.9 Å². The number of aromatic nitrogens is 3. The minimum Gasteiger partial charge on any atom is -0.465 e. The van der Waals surface area contributed by atoms with Crippen LogP contribution in [0.2, 0.25) is 0 Å². The molecule has 2 aromatic carbocycles. The highest BCUT2D eigenvalue weighted by Gasteiger charge is 2.42. The third-order valence-corrected chi connectivity index (χ3v) is 5.14. The van der Waals surface area contributed by atoms with E-state index in [1.165, 1.54) is 24.2 Å². The quantitative estimate of drug-likeness (QED) is 0.687. The second-order valence-electron chi connectivity index (χ2n) is 6.98. The molecular formula is C21H19FN4O3. The number of esters is 1. The lowest BCUT2D eigenvalue weighted by Gasteiger charge is -2.34. The Morgan fingerprint density at radius 1 is 1.24 bits per heavy atom. The molecule has 29 heavy (non-hydrogen) atoms. The minimum absolute atomic E-state index is 0.0922. The van der Waals surface area contributed by atoms with Crippen molar-refractivity contribution in [1.29, 1.82) is 0 Å². The second-order valence-corrected chi connectivity index (χ2v) is 6.98. The summed E-state index contributed by atoms with van der Waals surface area (Å²) in [5.74, 6) is -2.07. The molecule has 2 atom stereocenters. The molecule has 0 fully saturated rings. The average Bonchev–Trinajstić information content (AvgIpc) is 3.12. The number of hydrogen-bond acceptors (Lipinski definition) is 6. The van der Waals surface area contributed by atoms with E-state index in [2.05, 4.69) is 15.4 Å². The topological polar surface area (TPSA) is 86.1 Å². The van der Waals surface area contributed by atoms with Gasteiger partial charge in [0, 0.05) is 12.7 Å². The van der Waals surface area contributed by atoms with Gasteiger partial charge in [-0.25, -0.2) is 14.2 Å². The minimum atomic E-state index is -0.776. The van der Waals surface area contributed by atoms with Gasteiger partial charge in [-0.15, -0.1) is 0 Å². The molecule has 1 aliphatic heterocycles. The molecule has 0 spiro atoms. The van der Waals surface area contributed by atoms with Crippen molar-refractivity contribution in [3.05, 3.63) is 76.6 Å². The maximum absolute atomic E-state index is 14.2. The molecule has 0 aliphatic carbocycles. The van der Waals surface area contributed by atoms with Crippen molar-refractivity contribution in [3.63, 3.8) is 0 Å². The predicted octanol–water partition coefficient (Wildman–Crippen LogP) is 3.18. The van der Waals surface area contributed by atoms with E-state index in [0.717, 1.165) is 17.2 Å². The van der Waals surface area contributed by atoms with Crippen molar-refractivity contribution in [2.24, 2.45) is 7.05 Å². The fraction of sp³-hybridized carbons (Fsp3) is 0.238. The number of nitrogens with zero attached hydrogens (tertiary/aromatic N) is 3. The molecular weight excluding hydrogens is 375 g/mol. The molecule has 3 aromatic rings. The van der Waals surface area contributed by atoms with Crippen LogP contribution in [0.5, 0.6) is 0 Å². The largest absolute Gasteiger partial charge is 0.465 e. The first-order chi connectivity index (χ1) is 13.9. The number of fused-ring (bicyclic) bond motifs is 1. The number of anilines is 1. The van der Waals surface area contributed by atoms with E-state index < -0.39 is 23.7 Å². The monoisotopic (exact) mass is 394 g/mol. The van der Waals surface area contributed by atoms with Crippen LogP contribution in [0.3, 0.4) is 0 Å². The number of halogens is 1. The van der Waals surface area contributed by atoms with Crippen LogP contribution in [-0.4, -0.2) is 33.6 Å². The highest BCUT2D eigenvalue weighted by Crippen LogP contribution is 2.43. The van der Waals surface area contributed by atoms with Crippen LogP contribution in [0, 0.1) is 12.7 Å². The molecule has 148 valence electrons. The Morgan fingerprint density at radius 3 is 2.59 bits per heavy atom. The van der Waals surface area contributed by atoms with Crippen LogP contribution in [0.15, 0.2) is 42.7 Å². The van der Waals surface area contributed by atoms with E-state index in [4.69, 9.17) is 4.74 Å². The molecule has 8 heteroatoms. The number of benzene rings is 2. The molecule has 2 heterocycles. The second kappa shape index (κ2) is 7.12. The molecule has 1 N–H and O–H groups in total. The number of carbonyl (C=O) groups excluding carboxylic acids is 2. The summed E-state index contributed by atoms with van der Waals surface area (Å²) < 4.78 is 20.5. The third kappa shape index (κ3) is 3.16. The lowest BCUT2D eigenvalue weighted by molar-refractivity contribution is 0.0595. The predicted molar refractivity (Wildman–Crippen MR) is 103 cm³/mol. The van der Waals surface area contributed by atoms with Gasteiger partial charge in [0.2, 0.25) is 0 Å². The third-order valence-electron chi connectivity index (χ3n) is 5.14. The summed E-state index contributed by atoms with van der Waals surface area (Å²) in [4.78, 5) is 30.1. The number of ketones is 1. The molecule has 0 saturated carbocycles. The van der Waals surface area contributed by atoms with Crippen LogP contribution in [-0.2, 0) is 11.8 Å². The molecule has 0 saturated heterocycles. The molecule has 0 amide bonds. The lowest BCUT2D eigenvalue weighted by Crippen LogP contribution is -2.35. The zero-order valence-electron chi connectivity index (χ0n) is 16.1. The Hall–Kier alpha value is -3.55. The number of carbonyl (C=O) groups is 2. The Balaban J connectivity index is 1.93. The highest BCUT2D eigenvalue weighted by atomic mass is 19.1. The maximum atomic E-state index is 14.2. The van der Waals surface area contributed by atoms with Gasteiger partial charge >= 0.3 is 5.97 Å². The van der Waals surface area contributed by atoms with Crippen LogP contribution >= 0.6 is 0 Å². The summed E-state index contributed by atoms with van der Waals surface area (Å²) in [6.07, 6.45) is 1.37. The number of Topliss-reactive ketones (excluding diaryl/α,β-unsaturated/α-hetero) is 1. The molecule has 0 radical (unpaired) electrons. The fourth-order valence-corrected chi connectivity index (χ4v) is 3.72. The molecule has 7 nitrogen and oxygen atoms in total. The Kier molecular flexibility index (Phi) is 4.62. The van der Waals surface area contributed by atoms with Gasteiger partial charge in [-0.05, 0) is 24.6 Å².